The first-order chi connectivity index (χ1) is 9.12. The predicted octanol–water partition coefficient (Wildman–Crippen LogP) is 3.18. The molecule has 0 aliphatic heterocycles. The third-order valence-electron chi connectivity index (χ3n) is 2.54. The number of nitrogens with one attached hydrogen (secondary N) is 1. The molecule has 4 nitrogen and oxygen atoms in total. The minimum absolute atomic E-state index is 0.363. The molecule has 0 saturated carbocycles. The van der Waals surface area contributed by atoms with Crippen LogP contribution < -0.4 is 5.32 Å². The molecule has 0 aliphatic rings. The van der Waals surface area contributed by atoms with Gasteiger partial charge < -0.3 is 5.32 Å². The van der Waals surface area contributed by atoms with E-state index in [4.69, 9.17) is 22.3 Å². The second-order valence-corrected chi connectivity index (χ2v) is 7.58. The van der Waals surface area contributed by atoms with Crippen LogP contribution in [0.4, 0.5) is 4.39 Å². The standard InChI is InChI=1S/C12H14Cl2FNO3S/c1-7(2)3-4-16-12(17)8-5-11(20(14,18)19)9(13)6-10(8)15/h5-7H,3-4H2,1-2H3,(H,16,17). The maximum Gasteiger partial charge on any atom is 0.262 e. The van der Waals surface area contributed by atoms with Gasteiger partial charge in [-0.1, -0.05) is 25.4 Å². The van der Waals surface area contributed by atoms with Crippen LogP contribution in [0.1, 0.15) is 30.6 Å². The molecule has 8 heteroatoms. The first-order valence-electron chi connectivity index (χ1n) is 5.85. The number of hydrogen-bond acceptors (Lipinski definition) is 3. The van der Waals surface area contributed by atoms with Crippen LogP contribution in [-0.4, -0.2) is 20.9 Å². The third-order valence-corrected chi connectivity index (χ3v) is 4.32. The molecular formula is C12H14Cl2FNO3S. The van der Waals surface area contributed by atoms with Gasteiger partial charge >= 0.3 is 0 Å². The molecule has 0 atom stereocenters. The van der Waals surface area contributed by atoms with Crippen molar-refractivity contribution in [1.82, 2.24) is 5.32 Å². The summed E-state index contributed by atoms with van der Waals surface area (Å²) in [6.07, 6.45) is 0.724. The van der Waals surface area contributed by atoms with Gasteiger partial charge in [-0.3, -0.25) is 4.79 Å². The van der Waals surface area contributed by atoms with E-state index in [1.165, 1.54) is 0 Å². The number of carbonyl (C=O) groups excluding carboxylic acids is 1. The monoisotopic (exact) mass is 341 g/mol. The Labute approximate surface area is 126 Å². The Bertz CT molecular complexity index is 617. The molecule has 1 rings (SSSR count). The molecular weight excluding hydrogens is 328 g/mol. The van der Waals surface area contributed by atoms with Crippen LogP contribution in [0.25, 0.3) is 0 Å². The van der Waals surface area contributed by atoms with Gasteiger partial charge in [-0.25, -0.2) is 12.8 Å². The normalized spacial score (nSPS) is 11.7. The fourth-order valence-electron chi connectivity index (χ4n) is 1.46. The van der Waals surface area contributed by atoms with Crippen molar-refractivity contribution >= 4 is 37.2 Å². The molecule has 0 spiro atoms. The maximum atomic E-state index is 13.7. The van der Waals surface area contributed by atoms with E-state index >= 15 is 0 Å². The second-order valence-electron chi connectivity index (χ2n) is 4.64. The average Bonchev–Trinajstić information content (AvgIpc) is 2.26. The van der Waals surface area contributed by atoms with E-state index in [0.29, 0.717) is 12.5 Å². The molecule has 1 amide bonds. The molecule has 0 bridgehead atoms. The van der Waals surface area contributed by atoms with Crippen LogP contribution >= 0.6 is 22.3 Å². The van der Waals surface area contributed by atoms with Crippen molar-refractivity contribution in [2.75, 3.05) is 6.54 Å². The van der Waals surface area contributed by atoms with Gasteiger partial charge in [-0.15, -0.1) is 0 Å². The fraction of sp³-hybridized carbons (Fsp3) is 0.417. The lowest BCUT2D eigenvalue weighted by molar-refractivity contribution is 0.0947. The largest absolute Gasteiger partial charge is 0.352 e. The maximum absolute atomic E-state index is 13.7. The quantitative estimate of drug-likeness (QED) is 0.836. The van der Waals surface area contributed by atoms with Gasteiger partial charge in [0, 0.05) is 17.2 Å². The number of benzene rings is 1. The number of hydrogen-bond donors (Lipinski definition) is 1. The Hall–Kier alpha value is -0.850. The van der Waals surface area contributed by atoms with Crippen molar-refractivity contribution in [2.45, 2.75) is 25.2 Å². The number of halogens is 3. The van der Waals surface area contributed by atoms with Gasteiger partial charge in [0.2, 0.25) is 0 Å². The van der Waals surface area contributed by atoms with E-state index in [-0.39, 0.29) is 5.02 Å². The van der Waals surface area contributed by atoms with Gasteiger partial charge in [-0.05, 0) is 24.5 Å². The van der Waals surface area contributed by atoms with Gasteiger partial charge in [0.1, 0.15) is 10.7 Å². The van der Waals surface area contributed by atoms with E-state index in [1.807, 2.05) is 13.8 Å². The van der Waals surface area contributed by atoms with Crippen LogP contribution in [0.3, 0.4) is 0 Å². The molecule has 0 heterocycles. The highest BCUT2D eigenvalue weighted by atomic mass is 35.7. The molecule has 0 unspecified atom stereocenters. The highest BCUT2D eigenvalue weighted by Crippen LogP contribution is 2.27. The highest BCUT2D eigenvalue weighted by Gasteiger charge is 2.21. The Morgan fingerprint density at radius 1 is 1.40 bits per heavy atom. The summed E-state index contributed by atoms with van der Waals surface area (Å²) in [5.41, 5.74) is -0.405. The Balaban J connectivity index is 3.04. The van der Waals surface area contributed by atoms with Gasteiger partial charge in [0.15, 0.2) is 0 Å². The van der Waals surface area contributed by atoms with E-state index in [0.717, 1.165) is 18.6 Å². The average molecular weight is 342 g/mol. The van der Waals surface area contributed by atoms with E-state index < -0.39 is 31.2 Å². The second kappa shape index (κ2) is 6.74. The summed E-state index contributed by atoms with van der Waals surface area (Å²) in [7, 11) is 1.03. The molecule has 1 aromatic carbocycles. The minimum Gasteiger partial charge on any atom is -0.352 e. The highest BCUT2D eigenvalue weighted by molar-refractivity contribution is 8.13. The molecule has 0 saturated heterocycles. The summed E-state index contributed by atoms with van der Waals surface area (Å²) in [6, 6.07) is 1.60. The molecule has 20 heavy (non-hydrogen) atoms. The fourth-order valence-corrected chi connectivity index (χ4v) is 2.97. The zero-order valence-corrected chi connectivity index (χ0v) is 13.2. The zero-order chi connectivity index (χ0) is 15.5. The number of rotatable bonds is 5. The van der Waals surface area contributed by atoms with E-state index in [1.54, 1.807) is 0 Å². The Kier molecular flexibility index (Phi) is 5.79. The van der Waals surface area contributed by atoms with Crippen LogP contribution in [0.5, 0.6) is 0 Å². The number of amides is 1. The molecule has 0 radical (unpaired) electrons. The molecule has 1 N–H and O–H groups in total. The van der Waals surface area contributed by atoms with Crippen LogP contribution in [-0.2, 0) is 9.05 Å². The summed E-state index contributed by atoms with van der Waals surface area (Å²) in [4.78, 5) is 11.3. The predicted molar refractivity (Wildman–Crippen MR) is 76.2 cm³/mol. The van der Waals surface area contributed by atoms with Crippen molar-refractivity contribution < 1.29 is 17.6 Å². The lowest BCUT2D eigenvalue weighted by Gasteiger charge is -2.09. The smallest absolute Gasteiger partial charge is 0.262 e. The summed E-state index contributed by atoms with van der Waals surface area (Å²) in [5, 5.41) is 2.14. The SMILES string of the molecule is CC(C)CCNC(=O)c1cc(S(=O)(=O)Cl)c(Cl)cc1F. The molecule has 0 aromatic heterocycles. The van der Waals surface area contributed by atoms with E-state index in [2.05, 4.69) is 5.32 Å². The molecule has 112 valence electrons. The van der Waals surface area contributed by atoms with Crippen LogP contribution in [0.15, 0.2) is 17.0 Å². The summed E-state index contributed by atoms with van der Waals surface area (Å²) in [6.45, 7) is 4.32. The minimum atomic E-state index is -4.15. The van der Waals surface area contributed by atoms with E-state index in [9.17, 15) is 17.6 Å². The molecule has 0 aliphatic carbocycles. The van der Waals surface area contributed by atoms with Crippen molar-refractivity contribution in [3.05, 3.63) is 28.5 Å². The Morgan fingerprint density at radius 3 is 2.50 bits per heavy atom. The Morgan fingerprint density at radius 2 is 2.00 bits per heavy atom. The lowest BCUT2D eigenvalue weighted by atomic mass is 10.1. The van der Waals surface area contributed by atoms with Gasteiger partial charge in [-0.2, -0.15) is 0 Å². The summed E-state index contributed by atoms with van der Waals surface area (Å²) in [5.74, 6) is -1.23. The van der Waals surface area contributed by atoms with Crippen molar-refractivity contribution in [3.63, 3.8) is 0 Å². The molecule has 0 fully saturated rings. The van der Waals surface area contributed by atoms with Gasteiger partial charge in [0.05, 0.1) is 10.6 Å². The van der Waals surface area contributed by atoms with Crippen molar-refractivity contribution in [2.24, 2.45) is 5.92 Å². The van der Waals surface area contributed by atoms with Crippen LogP contribution in [0.2, 0.25) is 5.02 Å². The zero-order valence-electron chi connectivity index (χ0n) is 10.9. The molecule has 1 aromatic rings. The number of carbonyl (C=O) groups is 1. The summed E-state index contributed by atoms with van der Waals surface area (Å²) >= 11 is 5.60. The first-order valence-corrected chi connectivity index (χ1v) is 8.53. The van der Waals surface area contributed by atoms with Crippen molar-refractivity contribution in [3.8, 4) is 0 Å². The topological polar surface area (TPSA) is 63.2 Å². The summed E-state index contributed by atoms with van der Waals surface area (Å²) < 4.78 is 36.2. The van der Waals surface area contributed by atoms with Crippen molar-refractivity contribution in [1.29, 1.82) is 0 Å². The van der Waals surface area contributed by atoms with Gasteiger partial charge in [0.25, 0.3) is 15.0 Å². The van der Waals surface area contributed by atoms with Crippen LogP contribution in [0, 0.1) is 11.7 Å². The third kappa shape index (κ3) is 4.61. The first kappa shape index (κ1) is 17.2. The lowest BCUT2D eigenvalue weighted by Crippen LogP contribution is -2.26.